The lowest BCUT2D eigenvalue weighted by Crippen LogP contribution is -2.17. The van der Waals surface area contributed by atoms with Crippen molar-refractivity contribution >= 4 is 11.0 Å². The quantitative estimate of drug-likeness (QED) is 0.849. The van der Waals surface area contributed by atoms with Crippen molar-refractivity contribution < 1.29 is 4.42 Å². The normalized spacial score (nSPS) is 15.2. The highest BCUT2D eigenvalue weighted by atomic mass is 16.3. The average molecular weight is 217 g/mol. The molecule has 0 saturated carbocycles. The van der Waals surface area contributed by atoms with Crippen molar-refractivity contribution in [1.82, 2.24) is 0 Å². The molecule has 86 valence electrons. The molecular weight excluding hydrogens is 198 g/mol. The Kier molecular flexibility index (Phi) is 3.01. The van der Waals surface area contributed by atoms with Gasteiger partial charge in [0.1, 0.15) is 11.3 Å². The van der Waals surface area contributed by atoms with Crippen LogP contribution in [0.5, 0.6) is 0 Å². The van der Waals surface area contributed by atoms with E-state index in [-0.39, 0.29) is 6.04 Å². The zero-order valence-corrected chi connectivity index (χ0v) is 10.2. The number of rotatable bonds is 3. The number of furan rings is 1. The molecule has 0 bridgehead atoms. The van der Waals surface area contributed by atoms with Crippen LogP contribution < -0.4 is 5.73 Å². The van der Waals surface area contributed by atoms with Crippen LogP contribution in [-0.2, 0) is 0 Å². The predicted octanol–water partition coefficient (Wildman–Crippen LogP) is 3.79. The first-order valence-electron chi connectivity index (χ1n) is 5.88. The lowest BCUT2D eigenvalue weighted by molar-refractivity contribution is 0.388. The fraction of sp³-hybridized carbons (Fsp3) is 0.429. The van der Waals surface area contributed by atoms with E-state index in [1.807, 2.05) is 6.07 Å². The summed E-state index contributed by atoms with van der Waals surface area (Å²) in [6.45, 7) is 6.37. The number of fused-ring (bicyclic) bond motifs is 1. The molecule has 1 aromatic heterocycles. The van der Waals surface area contributed by atoms with Gasteiger partial charge < -0.3 is 10.2 Å². The average Bonchev–Trinajstić information content (AvgIpc) is 2.72. The molecule has 2 N–H and O–H groups in total. The highest BCUT2D eigenvalue weighted by Crippen LogP contribution is 2.29. The Hall–Kier alpha value is -1.28. The van der Waals surface area contributed by atoms with Crippen molar-refractivity contribution in [3.05, 3.63) is 35.6 Å². The Balaban J connectivity index is 2.43. The maximum absolute atomic E-state index is 6.17. The lowest BCUT2D eigenvalue weighted by Gasteiger charge is -2.15. The molecule has 16 heavy (non-hydrogen) atoms. The molecule has 2 unspecified atom stereocenters. The minimum atomic E-state index is -0.00296. The van der Waals surface area contributed by atoms with Gasteiger partial charge in [0, 0.05) is 5.39 Å². The van der Waals surface area contributed by atoms with Crippen LogP contribution in [0.3, 0.4) is 0 Å². The summed E-state index contributed by atoms with van der Waals surface area (Å²) in [4.78, 5) is 0. The predicted molar refractivity (Wildman–Crippen MR) is 67.3 cm³/mol. The Morgan fingerprint density at radius 1 is 1.38 bits per heavy atom. The fourth-order valence-corrected chi connectivity index (χ4v) is 1.93. The minimum absolute atomic E-state index is 0.00296. The molecule has 2 nitrogen and oxygen atoms in total. The molecule has 0 fully saturated rings. The molecule has 0 saturated heterocycles. The molecule has 2 rings (SSSR count). The first kappa shape index (κ1) is 11.2. The zero-order valence-electron chi connectivity index (χ0n) is 10.2. The summed E-state index contributed by atoms with van der Waals surface area (Å²) in [6, 6.07) is 8.24. The molecule has 0 aliphatic rings. The summed E-state index contributed by atoms with van der Waals surface area (Å²) in [7, 11) is 0. The third-order valence-electron chi connectivity index (χ3n) is 3.35. The van der Waals surface area contributed by atoms with Crippen LogP contribution in [0.25, 0.3) is 11.0 Å². The SMILES string of the molecule is CCC(C)C(N)c1cc2cccc(C)c2o1. The zero-order chi connectivity index (χ0) is 11.7. The third kappa shape index (κ3) is 1.85. The third-order valence-corrected chi connectivity index (χ3v) is 3.35. The van der Waals surface area contributed by atoms with E-state index in [9.17, 15) is 0 Å². The number of aryl methyl sites for hydroxylation is 1. The van der Waals surface area contributed by atoms with Gasteiger partial charge in [-0.05, 0) is 24.5 Å². The number of benzene rings is 1. The van der Waals surface area contributed by atoms with Crippen LogP contribution in [-0.4, -0.2) is 0 Å². The second kappa shape index (κ2) is 4.30. The Morgan fingerprint density at radius 2 is 2.12 bits per heavy atom. The highest BCUT2D eigenvalue weighted by Gasteiger charge is 2.17. The van der Waals surface area contributed by atoms with E-state index in [0.29, 0.717) is 5.92 Å². The largest absolute Gasteiger partial charge is 0.459 e. The van der Waals surface area contributed by atoms with Gasteiger partial charge in [0.05, 0.1) is 6.04 Å². The van der Waals surface area contributed by atoms with Gasteiger partial charge in [0.15, 0.2) is 0 Å². The first-order valence-corrected chi connectivity index (χ1v) is 5.88. The van der Waals surface area contributed by atoms with Crippen LogP contribution in [0.1, 0.15) is 37.6 Å². The van der Waals surface area contributed by atoms with Gasteiger partial charge >= 0.3 is 0 Å². The van der Waals surface area contributed by atoms with Crippen LogP contribution in [0.4, 0.5) is 0 Å². The molecule has 0 aliphatic carbocycles. The number of hydrogen-bond acceptors (Lipinski definition) is 2. The molecule has 2 aromatic rings. The summed E-state index contributed by atoms with van der Waals surface area (Å²) < 4.78 is 5.86. The van der Waals surface area contributed by atoms with E-state index in [2.05, 4.69) is 39.0 Å². The molecule has 0 radical (unpaired) electrons. The van der Waals surface area contributed by atoms with Gasteiger partial charge in [0.2, 0.25) is 0 Å². The van der Waals surface area contributed by atoms with Crippen molar-refractivity contribution in [2.75, 3.05) is 0 Å². The van der Waals surface area contributed by atoms with E-state index in [1.165, 1.54) is 5.56 Å². The minimum Gasteiger partial charge on any atom is -0.459 e. The van der Waals surface area contributed by atoms with Crippen molar-refractivity contribution in [2.45, 2.75) is 33.2 Å². The van der Waals surface area contributed by atoms with Crippen LogP contribution in [0.15, 0.2) is 28.7 Å². The summed E-state index contributed by atoms with van der Waals surface area (Å²) in [6.07, 6.45) is 1.07. The standard InChI is InChI=1S/C14H19NO/c1-4-9(2)13(15)12-8-11-7-5-6-10(3)14(11)16-12/h5-9,13H,4,15H2,1-3H3. The molecule has 2 atom stereocenters. The number of hydrogen-bond donors (Lipinski definition) is 1. The number of nitrogens with two attached hydrogens (primary N) is 1. The Morgan fingerprint density at radius 3 is 2.75 bits per heavy atom. The van der Waals surface area contributed by atoms with Gasteiger partial charge in [-0.3, -0.25) is 0 Å². The van der Waals surface area contributed by atoms with Gasteiger partial charge in [-0.15, -0.1) is 0 Å². The molecule has 0 spiro atoms. The van der Waals surface area contributed by atoms with E-state index in [0.717, 1.165) is 23.2 Å². The Bertz CT molecular complexity index is 486. The van der Waals surface area contributed by atoms with E-state index in [4.69, 9.17) is 10.2 Å². The van der Waals surface area contributed by atoms with Crippen molar-refractivity contribution in [3.63, 3.8) is 0 Å². The summed E-state index contributed by atoms with van der Waals surface area (Å²) in [5.41, 5.74) is 8.30. The van der Waals surface area contributed by atoms with Crippen molar-refractivity contribution in [2.24, 2.45) is 11.7 Å². The maximum atomic E-state index is 6.17. The van der Waals surface area contributed by atoms with Crippen LogP contribution in [0.2, 0.25) is 0 Å². The smallest absolute Gasteiger partial charge is 0.137 e. The molecular formula is C14H19NO. The van der Waals surface area contributed by atoms with Crippen LogP contribution in [0, 0.1) is 12.8 Å². The highest BCUT2D eigenvalue weighted by molar-refractivity contribution is 5.80. The van der Waals surface area contributed by atoms with Crippen molar-refractivity contribution in [3.8, 4) is 0 Å². The molecule has 1 aromatic carbocycles. The summed E-state index contributed by atoms with van der Waals surface area (Å²) in [5.74, 6) is 1.35. The van der Waals surface area contributed by atoms with E-state index >= 15 is 0 Å². The van der Waals surface area contributed by atoms with E-state index in [1.54, 1.807) is 0 Å². The van der Waals surface area contributed by atoms with E-state index < -0.39 is 0 Å². The number of para-hydroxylation sites is 1. The van der Waals surface area contributed by atoms with Gasteiger partial charge in [0.25, 0.3) is 0 Å². The van der Waals surface area contributed by atoms with Crippen LogP contribution >= 0.6 is 0 Å². The lowest BCUT2D eigenvalue weighted by atomic mass is 9.98. The van der Waals surface area contributed by atoms with Gasteiger partial charge in [-0.1, -0.05) is 38.5 Å². The summed E-state index contributed by atoms with van der Waals surface area (Å²) in [5, 5.41) is 1.15. The maximum Gasteiger partial charge on any atom is 0.137 e. The molecule has 0 aliphatic heterocycles. The second-order valence-corrected chi connectivity index (χ2v) is 4.55. The van der Waals surface area contributed by atoms with Crippen molar-refractivity contribution in [1.29, 1.82) is 0 Å². The topological polar surface area (TPSA) is 39.2 Å². The monoisotopic (exact) mass is 217 g/mol. The molecule has 0 amide bonds. The van der Waals surface area contributed by atoms with Gasteiger partial charge in [-0.2, -0.15) is 0 Å². The first-order chi connectivity index (χ1) is 7.63. The molecule has 2 heteroatoms. The Labute approximate surface area is 96.4 Å². The summed E-state index contributed by atoms with van der Waals surface area (Å²) >= 11 is 0. The fourth-order valence-electron chi connectivity index (χ4n) is 1.93. The second-order valence-electron chi connectivity index (χ2n) is 4.55. The molecule has 1 heterocycles. The van der Waals surface area contributed by atoms with Gasteiger partial charge in [-0.25, -0.2) is 0 Å².